The molecule has 0 fully saturated rings. The van der Waals surface area contributed by atoms with Crippen molar-refractivity contribution in [3.05, 3.63) is 94.5 Å². The number of para-hydroxylation sites is 2. The third-order valence-corrected chi connectivity index (χ3v) is 4.47. The van der Waals surface area contributed by atoms with Gasteiger partial charge in [-0.25, -0.2) is 0 Å². The summed E-state index contributed by atoms with van der Waals surface area (Å²) in [7, 11) is 1.53. The van der Waals surface area contributed by atoms with E-state index in [4.69, 9.17) is 21.1 Å². The number of rotatable bonds is 7. The van der Waals surface area contributed by atoms with Crippen LogP contribution in [0.3, 0.4) is 0 Å². The smallest absolute Gasteiger partial charge is 0.266 e. The van der Waals surface area contributed by atoms with Crippen LogP contribution in [0.15, 0.2) is 78.4 Å². The zero-order chi connectivity index (χ0) is 21.3. The second-order valence-electron chi connectivity index (χ2n) is 6.28. The average Bonchev–Trinajstić information content (AvgIpc) is 2.77. The van der Waals surface area contributed by atoms with Gasteiger partial charge in [0.1, 0.15) is 18.2 Å². The minimum Gasteiger partial charge on any atom is -0.493 e. The Bertz CT molecular complexity index is 1090. The third-order valence-electron chi connectivity index (χ3n) is 4.22. The second kappa shape index (κ2) is 10.1. The SMILES string of the molecule is COc1cccc(C=C(C#N)C(=O)Nc2ccccc2)c1OCc1ccc(Cl)cc1. The number of carbonyl (C=O) groups excluding carboxylic acids is 1. The maximum Gasteiger partial charge on any atom is 0.266 e. The van der Waals surface area contributed by atoms with Crippen molar-refractivity contribution >= 4 is 29.3 Å². The lowest BCUT2D eigenvalue weighted by molar-refractivity contribution is -0.112. The highest BCUT2D eigenvalue weighted by Gasteiger charge is 2.14. The highest BCUT2D eigenvalue weighted by atomic mass is 35.5. The second-order valence-corrected chi connectivity index (χ2v) is 6.72. The molecule has 3 rings (SSSR count). The number of nitriles is 1. The number of nitrogens with zero attached hydrogens (tertiary/aromatic N) is 1. The molecule has 0 spiro atoms. The van der Waals surface area contributed by atoms with E-state index in [9.17, 15) is 10.1 Å². The summed E-state index contributed by atoms with van der Waals surface area (Å²) in [5.74, 6) is 0.434. The minimum atomic E-state index is -0.504. The lowest BCUT2D eigenvalue weighted by Gasteiger charge is -2.14. The molecule has 0 heterocycles. The topological polar surface area (TPSA) is 71.3 Å². The highest BCUT2D eigenvalue weighted by molar-refractivity contribution is 6.30. The molecule has 6 heteroatoms. The van der Waals surface area contributed by atoms with E-state index >= 15 is 0 Å². The maximum atomic E-state index is 12.5. The number of amides is 1. The molecule has 3 aromatic carbocycles. The van der Waals surface area contributed by atoms with Crippen LogP contribution in [0.5, 0.6) is 11.5 Å². The van der Waals surface area contributed by atoms with Gasteiger partial charge in [-0.2, -0.15) is 5.26 Å². The molecule has 150 valence electrons. The van der Waals surface area contributed by atoms with Crippen molar-refractivity contribution in [1.82, 2.24) is 0 Å². The zero-order valence-corrected chi connectivity index (χ0v) is 17.0. The standard InChI is InChI=1S/C24H19ClN2O3/c1-29-22-9-5-6-18(23(22)30-16-17-10-12-20(25)13-11-17)14-19(15-26)24(28)27-21-7-3-2-4-8-21/h2-14H,16H2,1H3,(H,27,28). The van der Waals surface area contributed by atoms with Crippen LogP contribution in [0.4, 0.5) is 5.69 Å². The molecule has 0 radical (unpaired) electrons. The van der Waals surface area contributed by atoms with Crippen LogP contribution in [0.25, 0.3) is 6.08 Å². The fourth-order valence-corrected chi connectivity index (χ4v) is 2.85. The molecule has 3 aromatic rings. The lowest BCUT2D eigenvalue weighted by Crippen LogP contribution is -2.13. The van der Waals surface area contributed by atoms with Crippen LogP contribution in [-0.4, -0.2) is 13.0 Å². The molecule has 1 N–H and O–H groups in total. The van der Waals surface area contributed by atoms with E-state index in [1.807, 2.05) is 24.3 Å². The first-order valence-electron chi connectivity index (χ1n) is 9.13. The van der Waals surface area contributed by atoms with Crippen LogP contribution in [0, 0.1) is 11.3 Å². The van der Waals surface area contributed by atoms with E-state index in [1.54, 1.807) is 54.6 Å². The van der Waals surface area contributed by atoms with Crippen LogP contribution >= 0.6 is 11.6 Å². The van der Waals surface area contributed by atoms with Crippen LogP contribution in [-0.2, 0) is 11.4 Å². The molecular weight excluding hydrogens is 400 g/mol. The van der Waals surface area contributed by atoms with Gasteiger partial charge in [0, 0.05) is 16.3 Å². The van der Waals surface area contributed by atoms with Crippen molar-refractivity contribution in [2.24, 2.45) is 0 Å². The van der Waals surface area contributed by atoms with Gasteiger partial charge >= 0.3 is 0 Å². The number of methoxy groups -OCH3 is 1. The van der Waals surface area contributed by atoms with E-state index in [0.717, 1.165) is 5.56 Å². The number of halogens is 1. The number of nitrogens with one attached hydrogen (secondary N) is 1. The van der Waals surface area contributed by atoms with Gasteiger partial charge in [0.25, 0.3) is 5.91 Å². The summed E-state index contributed by atoms with van der Waals surface area (Å²) in [6.07, 6.45) is 1.48. The Balaban J connectivity index is 1.87. The summed E-state index contributed by atoms with van der Waals surface area (Å²) in [6, 6.07) is 23.5. The van der Waals surface area contributed by atoms with E-state index < -0.39 is 5.91 Å². The van der Waals surface area contributed by atoms with E-state index in [0.29, 0.717) is 27.8 Å². The first kappa shape index (κ1) is 21.0. The number of anilines is 1. The van der Waals surface area contributed by atoms with Crippen molar-refractivity contribution in [2.45, 2.75) is 6.61 Å². The normalized spacial score (nSPS) is 10.8. The van der Waals surface area contributed by atoms with Gasteiger partial charge in [0.15, 0.2) is 11.5 Å². The highest BCUT2D eigenvalue weighted by Crippen LogP contribution is 2.33. The van der Waals surface area contributed by atoms with Crippen molar-refractivity contribution in [2.75, 3.05) is 12.4 Å². The average molecular weight is 419 g/mol. The Morgan fingerprint density at radius 2 is 1.80 bits per heavy atom. The Morgan fingerprint density at radius 3 is 2.47 bits per heavy atom. The summed E-state index contributed by atoms with van der Waals surface area (Å²) in [5.41, 5.74) is 2.03. The molecular formula is C24H19ClN2O3. The molecule has 0 saturated carbocycles. The lowest BCUT2D eigenvalue weighted by atomic mass is 10.1. The van der Waals surface area contributed by atoms with Crippen LogP contribution in [0.2, 0.25) is 5.02 Å². The van der Waals surface area contributed by atoms with Crippen molar-refractivity contribution in [3.63, 3.8) is 0 Å². The van der Waals surface area contributed by atoms with Crippen LogP contribution in [0.1, 0.15) is 11.1 Å². The molecule has 0 saturated heterocycles. The fraction of sp³-hybridized carbons (Fsp3) is 0.0833. The number of hydrogen-bond acceptors (Lipinski definition) is 4. The molecule has 0 aliphatic rings. The van der Waals surface area contributed by atoms with Crippen molar-refractivity contribution in [3.8, 4) is 17.6 Å². The quantitative estimate of drug-likeness (QED) is 0.407. The monoisotopic (exact) mass is 418 g/mol. The summed E-state index contributed by atoms with van der Waals surface area (Å²) >= 11 is 5.93. The van der Waals surface area contributed by atoms with Gasteiger partial charge in [-0.05, 0) is 42.0 Å². The fourth-order valence-electron chi connectivity index (χ4n) is 2.72. The number of benzene rings is 3. The molecule has 0 aliphatic heterocycles. The largest absolute Gasteiger partial charge is 0.493 e. The van der Waals surface area contributed by atoms with E-state index in [1.165, 1.54) is 13.2 Å². The van der Waals surface area contributed by atoms with Crippen molar-refractivity contribution in [1.29, 1.82) is 5.26 Å². The molecule has 0 aliphatic carbocycles. The Kier molecular flexibility index (Phi) is 7.09. The number of ether oxygens (including phenoxy) is 2. The number of hydrogen-bond donors (Lipinski definition) is 1. The zero-order valence-electron chi connectivity index (χ0n) is 16.3. The molecule has 0 unspecified atom stereocenters. The summed E-state index contributed by atoms with van der Waals surface area (Å²) in [4.78, 5) is 12.5. The minimum absolute atomic E-state index is 0.0524. The Hall–Kier alpha value is -3.75. The van der Waals surface area contributed by atoms with Crippen molar-refractivity contribution < 1.29 is 14.3 Å². The molecule has 5 nitrogen and oxygen atoms in total. The van der Waals surface area contributed by atoms with Gasteiger partial charge in [0.2, 0.25) is 0 Å². The Labute approximate surface area is 180 Å². The third kappa shape index (κ3) is 5.40. The predicted molar refractivity (Wildman–Crippen MR) is 117 cm³/mol. The van der Waals surface area contributed by atoms with Crippen LogP contribution < -0.4 is 14.8 Å². The summed E-state index contributed by atoms with van der Waals surface area (Å²) in [6.45, 7) is 0.274. The molecule has 0 bridgehead atoms. The molecule has 1 amide bonds. The summed E-state index contributed by atoms with van der Waals surface area (Å²) in [5, 5.41) is 12.9. The molecule has 0 atom stereocenters. The first-order valence-corrected chi connectivity index (χ1v) is 9.51. The number of carbonyl (C=O) groups is 1. The predicted octanol–water partition coefficient (Wildman–Crippen LogP) is 5.47. The van der Waals surface area contributed by atoms with Gasteiger partial charge < -0.3 is 14.8 Å². The first-order chi connectivity index (χ1) is 14.6. The van der Waals surface area contributed by atoms with Gasteiger partial charge in [-0.15, -0.1) is 0 Å². The van der Waals surface area contributed by atoms with E-state index in [2.05, 4.69) is 5.32 Å². The van der Waals surface area contributed by atoms with Gasteiger partial charge in [-0.3, -0.25) is 4.79 Å². The van der Waals surface area contributed by atoms with E-state index in [-0.39, 0.29) is 12.2 Å². The van der Waals surface area contributed by atoms with Gasteiger partial charge in [0.05, 0.1) is 7.11 Å². The molecule has 30 heavy (non-hydrogen) atoms. The maximum absolute atomic E-state index is 12.5. The Morgan fingerprint density at radius 1 is 1.07 bits per heavy atom. The molecule has 0 aromatic heterocycles. The summed E-state index contributed by atoms with van der Waals surface area (Å²) < 4.78 is 11.4. The van der Waals surface area contributed by atoms with Gasteiger partial charge in [-0.1, -0.05) is 54.1 Å².